The first-order valence-corrected chi connectivity index (χ1v) is 4.55. The minimum Gasteiger partial charge on any atom is -0.424 e. The summed E-state index contributed by atoms with van der Waals surface area (Å²) in [5.74, 6) is -26.2. The molecule has 112 valence electrons. The molecule has 0 unspecified atom stereocenters. The summed E-state index contributed by atoms with van der Waals surface area (Å²) in [4.78, 5) is 0. The van der Waals surface area contributed by atoms with Crippen LogP contribution in [0.15, 0.2) is 0 Å². The van der Waals surface area contributed by atoms with Gasteiger partial charge < -0.3 is 4.74 Å². The van der Waals surface area contributed by atoms with Crippen LogP contribution in [0.4, 0.5) is 43.9 Å². The highest BCUT2D eigenvalue weighted by Gasteiger charge is 2.79. The van der Waals surface area contributed by atoms with Crippen molar-refractivity contribution in [3.05, 3.63) is 28.8 Å². The molecule has 0 saturated heterocycles. The molecule has 2 rings (SSSR count). The van der Waals surface area contributed by atoms with E-state index in [2.05, 4.69) is 4.74 Å². The first-order valence-electron chi connectivity index (χ1n) is 4.55. The first kappa shape index (κ1) is 14.7. The van der Waals surface area contributed by atoms with Gasteiger partial charge in [-0.1, -0.05) is 0 Å². The van der Waals surface area contributed by atoms with Crippen molar-refractivity contribution in [2.45, 2.75) is 18.0 Å². The molecule has 1 aromatic rings. The SMILES string of the molecule is Fc1c(F)c(F)c2c(c1F)OC(F)(F)C(F)(F)C2(F)F. The average molecular weight is 314 g/mol. The molecular weight excluding hydrogens is 314 g/mol. The number of benzene rings is 1. The van der Waals surface area contributed by atoms with Crippen molar-refractivity contribution in [2.75, 3.05) is 0 Å². The molecule has 0 saturated carbocycles. The van der Waals surface area contributed by atoms with Crippen LogP contribution in [-0.2, 0) is 5.92 Å². The summed E-state index contributed by atoms with van der Waals surface area (Å²) in [6.45, 7) is 0. The fraction of sp³-hybridized carbons (Fsp3) is 0.333. The van der Waals surface area contributed by atoms with Crippen LogP contribution in [0, 0.1) is 23.3 Å². The van der Waals surface area contributed by atoms with Crippen molar-refractivity contribution >= 4 is 0 Å². The van der Waals surface area contributed by atoms with Gasteiger partial charge in [-0.15, -0.1) is 0 Å². The highest BCUT2D eigenvalue weighted by Crippen LogP contribution is 2.59. The van der Waals surface area contributed by atoms with Crippen LogP contribution in [0.25, 0.3) is 0 Å². The Morgan fingerprint density at radius 2 is 1.10 bits per heavy atom. The predicted octanol–water partition coefficient (Wildman–Crippen LogP) is 3.96. The molecule has 1 aliphatic heterocycles. The zero-order chi connectivity index (χ0) is 15.7. The van der Waals surface area contributed by atoms with Gasteiger partial charge in [-0.2, -0.15) is 30.7 Å². The minimum atomic E-state index is -6.30. The van der Waals surface area contributed by atoms with E-state index in [1.165, 1.54) is 0 Å². The second-order valence-corrected chi connectivity index (χ2v) is 3.73. The van der Waals surface area contributed by atoms with Crippen LogP contribution >= 0.6 is 0 Å². The molecule has 1 aliphatic rings. The van der Waals surface area contributed by atoms with Gasteiger partial charge in [-0.05, 0) is 0 Å². The van der Waals surface area contributed by atoms with E-state index in [4.69, 9.17) is 0 Å². The van der Waals surface area contributed by atoms with Gasteiger partial charge in [-0.3, -0.25) is 0 Å². The van der Waals surface area contributed by atoms with E-state index in [0.29, 0.717) is 0 Å². The van der Waals surface area contributed by atoms with Crippen LogP contribution in [0.1, 0.15) is 5.56 Å². The van der Waals surface area contributed by atoms with Gasteiger partial charge in [0.05, 0.1) is 0 Å². The lowest BCUT2D eigenvalue weighted by Crippen LogP contribution is -2.59. The monoisotopic (exact) mass is 314 g/mol. The summed E-state index contributed by atoms with van der Waals surface area (Å²) in [6, 6.07) is 0. The smallest absolute Gasteiger partial charge is 0.424 e. The quantitative estimate of drug-likeness (QED) is 0.400. The van der Waals surface area contributed by atoms with Gasteiger partial charge >= 0.3 is 18.0 Å². The van der Waals surface area contributed by atoms with Crippen LogP contribution in [0.3, 0.4) is 0 Å². The zero-order valence-corrected chi connectivity index (χ0v) is 8.69. The van der Waals surface area contributed by atoms with Gasteiger partial charge in [0, 0.05) is 0 Å². The normalized spacial score (nSPS) is 22.1. The Morgan fingerprint density at radius 1 is 0.650 bits per heavy atom. The largest absolute Gasteiger partial charge is 0.471 e. The summed E-state index contributed by atoms with van der Waals surface area (Å²) in [6.07, 6.45) is -5.96. The lowest BCUT2D eigenvalue weighted by atomic mass is 9.96. The lowest BCUT2D eigenvalue weighted by Gasteiger charge is -2.37. The van der Waals surface area contributed by atoms with Gasteiger partial charge in [0.15, 0.2) is 17.4 Å². The highest BCUT2D eigenvalue weighted by atomic mass is 19.3. The number of rotatable bonds is 0. The maximum absolute atomic E-state index is 13.2. The van der Waals surface area contributed by atoms with Crippen molar-refractivity contribution in [1.29, 1.82) is 0 Å². The third-order valence-electron chi connectivity index (χ3n) is 2.53. The summed E-state index contributed by atoms with van der Waals surface area (Å²) >= 11 is 0. The molecule has 1 nitrogen and oxygen atoms in total. The van der Waals surface area contributed by atoms with Crippen LogP contribution in [0.2, 0.25) is 0 Å². The van der Waals surface area contributed by atoms with E-state index >= 15 is 0 Å². The third kappa shape index (κ3) is 1.45. The number of hydrogen-bond acceptors (Lipinski definition) is 1. The molecule has 20 heavy (non-hydrogen) atoms. The molecule has 11 heteroatoms. The molecule has 0 aliphatic carbocycles. The third-order valence-corrected chi connectivity index (χ3v) is 2.53. The molecule has 0 amide bonds. The lowest BCUT2D eigenvalue weighted by molar-refractivity contribution is -0.390. The van der Waals surface area contributed by atoms with E-state index < -0.39 is 52.5 Å². The van der Waals surface area contributed by atoms with Gasteiger partial charge in [0.25, 0.3) is 0 Å². The zero-order valence-electron chi connectivity index (χ0n) is 8.69. The molecule has 1 heterocycles. The number of alkyl halides is 6. The van der Waals surface area contributed by atoms with E-state index in [9.17, 15) is 43.9 Å². The van der Waals surface area contributed by atoms with E-state index in [1.807, 2.05) is 0 Å². The number of hydrogen-bond donors (Lipinski definition) is 0. The molecule has 0 atom stereocenters. The Bertz CT molecular complexity index is 593. The molecule has 0 bridgehead atoms. The highest BCUT2D eigenvalue weighted by molar-refractivity contribution is 5.44. The van der Waals surface area contributed by atoms with Gasteiger partial charge in [0.2, 0.25) is 11.6 Å². The molecule has 0 spiro atoms. The minimum absolute atomic E-state index is 2.51. The molecule has 0 aromatic heterocycles. The Morgan fingerprint density at radius 3 is 1.60 bits per heavy atom. The summed E-state index contributed by atoms with van der Waals surface area (Å²) in [7, 11) is 0. The maximum atomic E-state index is 13.2. The number of fused-ring (bicyclic) bond motifs is 1. The van der Waals surface area contributed by atoms with Gasteiger partial charge in [0.1, 0.15) is 5.56 Å². The van der Waals surface area contributed by atoms with Crippen LogP contribution < -0.4 is 4.74 Å². The van der Waals surface area contributed by atoms with Gasteiger partial charge in [-0.25, -0.2) is 13.2 Å². The van der Waals surface area contributed by atoms with Crippen molar-refractivity contribution in [2.24, 2.45) is 0 Å². The van der Waals surface area contributed by atoms with Crippen molar-refractivity contribution in [3.63, 3.8) is 0 Å². The maximum Gasteiger partial charge on any atom is 0.471 e. The number of ether oxygens (including phenoxy) is 1. The Balaban J connectivity index is 2.92. The molecule has 0 radical (unpaired) electrons. The Labute approximate surface area is 102 Å². The summed E-state index contributed by atoms with van der Waals surface area (Å²) in [5.41, 5.74) is -2.81. The fourth-order valence-corrected chi connectivity index (χ4v) is 1.52. The van der Waals surface area contributed by atoms with Crippen LogP contribution in [0.5, 0.6) is 5.75 Å². The number of halogens is 10. The van der Waals surface area contributed by atoms with E-state index in [-0.39, 0.29) is 0 Å². The molecular formula is C9F10O. The van der Waals surface area contributed by atoms with Crippen molar-refractivity contribution in [3.8, 4) is 5.75 Å². The topological polar surface area (TPSA) is 9.23 Å². The predicted molar refractivity (Wildman–Crippen MR) is 40.7 cm³/mol. The fourth-order valence-electron chi connectivity index (χ4n) is 1.52. The Hall–Kier alpha value is -1.68. The Kier molecular flexibility index (Phi) is 2.72. The second-order valence-electron chi connectivity index (χ2n) is 3.73. The summed E-state index contributed by atoms with van der Waals surface area (Å²) in [5, 5.41) is 0. The van der Waals surface area contributed by atoms with E-state index in [0.717, 1.165) is 0 Å². The van der Waals surface area contributed by atoms with E-state index in [1.54, 1.807) is 0 Å². The average Bonchev–Trinajstić information content (AvgIpc) is 2.31. The van der Waals surface area contributed by atoms with Crippen molar-refractivity contribution < 1.29 is 48.6 Å². The first-order chi connectivity index (χ1) is 8.86. The second kappa shape index (κ2) is 3.70. The van der Waals surface area contributed by atoms with Crippen LogP contribution in [-0.4, -0.2) is 12.0 Å². The molecule has 0 N–H and O–H groups in total. The molecule has 0 fully saturated rings. The van der Waals surface area contributed by atoms with Crippen molar-refractivity contribution in [1.82, 2.24) is 0 Å². The molecule has 1 aromatic carbocycles. The summed E-state index contributed by atoms with van der Waals surface area (Å²) < 4.78 is 132. The standard InChI is InChI=1S/C9F10O/c10-2-1-6(5(13)4(12)3(2)11)20-9(18,19)8(16,17)7(1,14)15.